The summed E-state index contributed by atoms with van der Waals surface area (Å²) in [4.78, 5) is 25.8. The molecular formula is C36H35F4N7O3. The SMILES string of the molecule is CC(C)(C)OC(=O)NC(=N)c1cccc(-n2nc(C(F)(F)F)cc2C(=O)Nc2cc(C(N)(CCC3CC3)c3cccc(C#N)c3)ccc2F)c1. The smallest absolute Gasteiger partial charge is 0.435 e. The van der Waals surface area contributed by atoms with Crippen LogP contribution in [0.15, 0.2) is 72.8 Å². The van der Waals surface area contributed by atoms with E-state index in [4.69, 9.17) is 15.9 Å². The number of aromatic nitrogens is 2. The molecule has 1 aliphatic carbocycles. The molecule has 0 radical (unpaired) electrons. The van der Waals surface area contributed by atoms with E-state index in [2.05, 4.69) is 21.8 Å². The van der Waals surface area contributed by atoms with Crippen LogP contribution in [-0.2, 0) is 16.5 Å². The molecule has 50 heavy (non-hydrogen) atoms. The fraction of sp³-hybridized carbons (Fsp3) is 0.306. The van der Waals surface area contributed by atoms with Crippen LogP contribution >= 0.6 is 0 Å². The molecule has 1 aliphatic rings. The topological polar surface area (TPSA) is 159 Å². The number of halogens is 4. The number of nitrogens with one attached hydrogen (secondary N) is 3. The minimum absolute atomic E-state index is 0.0495. The maximum absolute atomic E-state index is 15.3. The summed E-state index contributed by atoms with van der Waals surface area (Å²) in [6, 6.07) is 18.7. The molecule has 1 fully saturated rings. The molecule has 14 heteroatoms. The zero-order valence-electron chi connectivity index (χ0n) is 27.5. The first-order valence-electron chi connectivity index (χ1n) is 15.7. The summed E-state index contributed by atoms with van der Waals surface area (Å²) in [6.45, 7) is 4.91. The third kappa shape index (κ3) is 8.35. The van der Waals surface area contributed by atoms with Gasteiger partial charge in [0, 0.05) is 11.6 Å². The Morgan fingerprint density at radius 2 is 1.74 bits per heavy atom. The summed E-state index contributed by atoms with van der Waals surface area (Å²) < 4.78 is 62.8. The van der Waals surface area contributed by atoms with Gasteiger partial charge in [-0.25, -0.2) is 13.9 Å². The number of hydrogen-bond acceptors (Lipinski definition) is 7. The van der Waals surface area contributed by atoms with E-state index in [-0.39, 0.29) is 16.9 Å². The highest BCUT2D eigenvalue weighted by molar-refractivity contribution is 6.05. The molecule has 260 valence electrons. The Morgan fingerprint density at radius 1 is 1.04 bits per heavy atom. The molecule has 4 aromatic rings. The number of alkyl carbamates (subject to hydrolysis) is 1. The van der Waals surface area contributed by atoms with Gasteiger partial charge in [-0.1, -0.05) is 43.2 Å². The highest BCUT2D eigenvalue weighted by atomic mass is 19.4. The van der Waals surface area contributed by atoms with Crippen LogP contribution in [0, 0.1) is 28.5 Å². The summed E-state index contributed by atoms with van der Waals surface area (Å²) in [5, 5.41) is 26.0. The molecule has 2 amide bonds. The van der Waals surface area contributed by atoms with Crippen LogP contribution < -0.4 is 16.4 Å². The zero-order valence-corrected chi connectivity index (χ0v) is 27.5. The van der Waals surface area contributed by atoms with Crippen molar-refractivity contribution >= 4 is 23.5 Å². The van der Waals surface area contributed by atoms with E-state index in [0.29, 0.717) is 35.1 Å². The van der Waals surface area contributed by atoms with E-state index in [1.54, 1.807) is 45.0 Å². The fourth-order valence-corrected chi connectivity index (χ4v) is 5.39. The van der Waals surface area contributed by atoms with Crippen LogP contribution in [0.4, 0.5) is 28.0 Å². The van der Waals surface area contributed by atoms with Crippen molar-refractivity contribution in [3.63, 3.8) is 0 Å². The van der Waals surface area contributed by atoms with Gasteiger partial charge in [-0.2, -0.15) is 23.5 Å². The largest absolute Gasteiger partial charge is 0.444 e. The van der Waals surface area contributed by atoms with Crippen molar-refractivity contribution in [3.05, 3.63) is 112 Å². The van der Waals surface area contributed by atoms with E-state index in [1.165, 1.54) is 36.4 Å². The summed E-state index contributed by atoms with van der Waals surface area (Å²) in [5.74, 6) is -1.89. The third-order valence-corrected chi connectivity index (χ3v) is 8.12. The molecule has 1 aromatic heterocycles. The van der Waals surface area contributed by atoms with Crippen LogP contribution in [0.1, 0.15) is 84.9 Å². The van der Waals surface area contributed by atoms with Crippen LogP contribution in [0.5, 0.6) is 0 Å². The Balaban J connectivity index is 1.48. The third-order valence-electron chi connectivity index (χ3n) is 8.12. The number of amides is 2. The second-order valence-electron chi connectivity index (χ2n) is 13.2. The van der Waals surface area contributed by atoms with E-state index in [1.807, 2.05) is 0 Å². The molecule has 1 unspecified atom stereocenters. The van der Waals surface area contributed by atoms with E-state index in [0.717, 1.165) is 30.0 Å². The summed E-state index contributed by atoms with van der Waals surface area (Å²) in [6.07, 6.45) is -2.49. The Morgan fingerprint density at radius 3 is 2.40 bits per heavy atom. The van der Waals surface area contributed by atoms with E-state index in [9.17, 15) is 28.0 Å². The minimum atomic E-state index is -4.94. The summed E-state index contributed by atoms with van der Waals surface area (Å²) in [7, 11) is 0. The fourth-order valence-electron chi connectivity index (χ4n) is 5.39. The highest BCUT2D eigenvalue weighted by Crippen LogP contribution is 2.41. The molecule has 1 heterocycles. The number of carbonyl (C=O) groups excluding carboxylic acids is 2. The van der Waals surface area contributed by atoms with Gasteiger partial charge in [-0.3, -0.25) is 15.5 Å². The predicted molar refractivity (Wildman–Crippen MR) is 177 cm³/mol. The average molecular weight is 690 g/mol. The van der Waals surface area contributed by atoms with Gasteiger partial charge in [0.2, 0.25) is 0 Å². The van der Waals surface area contributed by atoms with E-state index >= 15 is 4.39 Å². The molecule has 10 nitrogen and oxygen atoms in total. The van der Waals surface area contributed by atoms with Crippen LogP contribution in [-0.4, -0.2) is 33.2 Å². The predicted octanol–water partition coefficient (Wildman–Crippen LogP) is 7.40. The lowest BCUT2D eigenvalue weighted by Crippen LogP contribution is -2.38. The number of ether oxygens (including phenoxy) is 1. The van der Waals surface area contributed by atoms with Crippen molar-refractivity contribution in [2.45, 2.75) is 63.8 Å². The van der Waals surface area contributed by atoms with Gasteiger partial charge >= 0.3 is 12.3 Å². The van der Waals surface area contributed by atoms with Crippen molar-refractivity contribution in [2.75, 3.05) is 5.32 Å². The summed E-state index contributed by atoms with van der Waals surface area (Å²) >= 11 is 0. The van der Waals surface area contributed by atoms with Gasteiger partial charge in [-0.05, 0) is 87.1 Å². The maximum Gasteiger partial charge on any atom is 0.435 e. The second-order valence-corrected chi connectivity index (χ2v) is 13.2. The first-order valence-corrected chi connectivity index (χ1v) is 15.7. The number of anilines is 1. The first kappa shape index (κ1) is 35.7. The molecule has 5 N–H and O–H groups in total. The second kappa shape index (κ2) is 13.8. The molecular weight excluding hydrogens is 654 g/mol. The number of nitriles is 1. The Labute approximate surface area is 285 Å². The van der Waals surface area contributed by atoms with Gasteiger partial charge in [0.15, 0.2) is 5.69 Å². The number of amidine groups is 1. The Kier molecular flexibility index (Phi) is 9.83. The quantitative estimate of drug-likeness (QED) is 0.0815. The molecule has 5 rings (SSSR count). The van der Waals surface area contributed by atoms with Gasteiger partial charge in [0.05, 0.1) is 28.5 Å². The lowest BCUT2D eigenvalue weighted by atomic mass is 9.79. The summed E-state index contributed by atoms with van der Waals surface area (Å²) in [5.41, 5.74) is 4.15. The highest BCUT2D eigenvalue weighted by Gasteiger charge is 2.37. The molecule has 1 saturated carbocycles. The lowest BCUT2D eigenvalue weighted by molar-refractivity contribution is -0.141. The normalized spacial score (nSPS) is 14.3. The first-order chi connectivity index (χ1) is 23.5. The van der Waals surface area contributed by atoms with Crippen molar-refractivity contribution in [1.29, 1.82) is 10.7 Å². The van der Waals surface area contributed by atoms with Crippen LogP contribution in [0.25, 0.3) is 5.69 Å². The van der Waals surface area contributed by atoms with Gasteiger partial charge in [0.25, 0.3) is 5.91 Å². The molecule has 0 bridgehead atoms. The van der Waals surface area contributed by atoms with Crippen LogP contribution in [0.2, 0.25) is 0 Å². The number of hydrogen-bond donors (Lipinski definition) is 4. The number of alkyl halides is 3. The molecule has 0 aliphatic heterocycles. The Bertz CT molecular complexity index is 1990. The Hall–Kier alpha value is -5.55. The van der Waals surface area contributed by atoms with Crippen molar-refractivity contribution in [1.82, 2.24) is 15.1 Å². The number of nitrogens with zero attached hydrogens (tertiary/aromatic N) is 3. The van der Waals surface area contributed by atoms with Crippen LogP contribution in [0.3, 0.4) is 0 Å². The van der Waals surface area contributed by atoms with Gasteiger partial charge in [0.1, 0.15) is 22.9 Å². The number of nitrogens with two attached hydrogens (primary N) is 1. The number of carbonyl (C=O) groups is 2. The standard InChI is InChI=1S/C36H35F4N7O3/c1-34(2,3)50-33(49)45-31(42)23-7-5-9-26(17-23)47-29(19-30(46-47)36(38,39)40)32(48)44-28-18-25(12-13-27(28)37)35(43,15-14-21-10-11-21)24-8-4-6-22(16-24)20-41/h4-9,12-13,16-19,21H,10-11,14-15,43H2,1-3H3,(H,44,48)(H2,42,45,49). The maximum atomic E-state index is 15.3. The molecule has 3 aromatic carbocycles. The van der Waals surface area contributed by atoms with Gasteiger partial charge < -0.3 is 15.8 Å². The van der Waals surface area contributed by atoms with Crippen molar-refractivity contribution < 1.29 is 31.9 Å². The minimum Gasteiger partial charge on any atom is -0.444 e. The molecule has 1 atom stereocenters. The number of rotatable bonds is 9. The zero-order chi connectivity index (χ0) is 36.4. The lowest BCUT2D eigenvalue weighted by Gasteiger charge is -2.32. The average Bonchev–Trinajstić information content (AvgIpc) is 3.77. The van der Waals surface area contributed by atoms with Crippen molar-refractivity contribution in [3.8, 4) is 11.8 Å². The monoisotopic (exact) mass is 689 g/mol. The van der Waals surface area contributed by atoms with Gasteiger partial charge in [-0.15, -0.1) is 0 Å². The molecule has 0 saturated heterocycles. The van der Waals surface area contributed by atoms with E-state index < -0.39 is 52.4 Å². The molecule has 0 spiro atoms. The number of benzene rings is 3. The van der Waals surface area contributed by atoms with Crippen molar-refractivity contribution in [2.24, 2.45) is 11.7 Å².